The van der Waals surface area contributed by atoms with E-state index >= 15 is 0 Å². The SMILES string of the molecule is O=C(CSc1ccc(S(=O)(=O)N2CCCCCC2)cn1)Nc1nc(-c2ccccc2)cs1. The van der Waals surface area contributed by atoms with Crippen LogP contribution in [0.25, 0.3) is 11.3 Å². The number of nitrogens with zero attached hydrogens (tertiary/aromatic N) is 3. The number of hydrogen-bond donors (Lipinski definition) is 1. The van der Waals surface area contributed by atoms with Crippen LogP contribution in [0.5, 0.6) is 0 Å². The molecule has 0 radical (unpaired) electrons. The Morgan fingerprint density at radius 2 is 1.81 bits per heavy atom. The van der Waals surface area contributed by atoms with Crippen LogP contribution in [0.4, 0.5) is 5.13 Å². The largest absolute Gasteiger partial charge is 0.301 e. The molecule has 1 aliphatic rings. The molecule has 0 aliphatic carbocycles. The fourth-order valence-electron chi connectivity index (χ4n) is 3.40. The molecule has 1 amide bonds. The molecule has 0 atom stereocenters. The summed E-state index contributed by atoms with van der Waals surface area (Å²) >= 11 is 2.63. The molecule has 1 aliphatic heterocycles. The van der Waals surface area contributed by atoms with Crippen molar-refractivity contribution in [3.8, 4) is 11.3 Å². The van der Waals surface area contributed by atoms with Crippen LogP contribution in [0.3, 0.4) is 0 Å². The number of aromatic nitrogens is 2. The minimum atomic E-state index is -3.52. The van der Waals surface area contributed by atoms with Crippen LogP contribution in [0.2, 0.25) is 0 Å². The van der Waals surface area contributed by atoms with Crippen LogP contribution >= 0.6 is 23.1 Å². The lowest BCUT2D eigenvalue weighted by molar-refractivity contribution is -0.113. The van der Waals surface area contributed by atoms with Crippen LogP contribution in [0, 0.1) is 0 Å². The maximum absolute atomic E-state index is 12.8. The molecule has 0 spiro atoms. The minimum absolute atomic E-state index is 0.158. The van der Waals surface area contributed by atoms with Gasteiger partial charge in [-0.1, -0.05) is 54.9 Å². The van der Waals surface area contributed by atoms with Crippen molar-refractivity contribution in [1.82, 2.24) is 14.3 Å². The fourth-order valence-corrected chi connectivity index (χ4v) is 6.24. The average molecular weight is 489 g/mol. The molecule has 10 heteroatoms. The van der Waals surface area contributed by atoms with Crippen LogP contribution < -0.4 is 5.32 Å². The van der Waals surface area contributed by atoms with Crippen LogP contribution in [-0.2, 0) is 14.8 Å². The van der Waals surface area contributed by atoms with E-state index in [0.29, 0.717) is 23.2 Å². The first kappa shape index (κ1) is 22.9. The molecule has 2 aromatic heterocycles. The summed E-state index contributed by atoms with van der Waals surface area (Å²) in [5.41, 5.74) is 1.82. The van der Waals surface area contributed by atoms with Gasteiger partial charge in [0.05, 0.1) is 16.5 Å². The molecule has 1 aromatic carbocycles. The number of anilines is 1. The molecule has 3 heterocycles. The van der Waals surface area contributed by atoms with Gasteiger partial charge >= 0.3 is 0 Å². The Labute approximate surface area is 196 Å². The number of rotatable bonds is 7. The topological polar surface area (TPSA) is 92.3 Å². The number of thioether (sulfide) groups is 1. The van der Waals surface area contributed by atoms with E-state index in [0.717, 1.165) is 36.9 Å². The van der Waals surface area contributed by atoms with Gasteiger partial charge in [0.1, 0.15) is 4.90 Å². The van der Waals surface area contributed by atoms with Crippen molar-refractivity contribution in [1.29, 1.82) is 0 Å². The van der Waals surface area contributed by atoms with Gasteiger partial charge in [0, 0.05) is 30.2 Å². The molecule has 4 rings (SSSR count). The Bertz CT molecular complexity index is 1140. The number of amides is 1. The first-order valence-corrected chi connectivity index (χ1v) is 13.7. The lowest BCUT2D eigenvalue weighted by Crippen LogP contribution is -2.32. The number of sulfonamides is 1. The van der Waals surface area contributed by atoms with Crippen molar-refractivity contribution in [2.75, 3.05) is 24.2 Å². The van der Waals surface area contributed by atoms with Crippen LogP contribution in [0.1, 0.15) is 25.7 Å². The third-order valence-electron chi connectivity index (χ3n) is 5.08. The summed E-state index contributed by atoms with van der Waals surface area (Å²) < 4.78 is 27.2. The highest BCUT2D eigenvalue weighted by Crippen LogP contribution is 2.25. The van der Waals surface area contributed by atoms with Crippen molar-refractivity contribution in [3.63, 3.8) is 0 Å². The predicted molar refractivity (Wildman–Crippen MR) is 128 cm³/mol. The average Bonchev–Trinajstić information content (AvgIpc) is 3.09. The highest BCUT2D eigenvalue weighted by atomic mass is 32.2. The number of thiazole rings is 1. The molecule has 168 valence electrons. The Morgan fingerprint density at radius 1 is 1.06 bits per heavy atom. The molecule has 1 fully saturated rings. The Morgan fingerprint density at radius 3 is 2.50 bits per heavy atom. The van der Waals surface area contributed by atoms with Crippen molar-refractivity contribution in [2.45, 2.75) is 35.6 Å². The summed E-state index contributed by atoms with van der Waals surface area (Å²) in [5.74, 6) is -0.0297. The van der Waals surface area contributed by atoms with Crippen molar-refractivity contribution in [2.24, 2.45) is 0 Å². The zero-order chi connectivity index (χ0) is 22.4. The molecule has 0 bridgehead atoms. The molecule has 1 saturated heterocycles. The van der Waals surface area contributed by atoms with Crippen molar-refractivity contribution in [3.05, 3.63) is 54.0 Å². The van der Waals surface area contributed by atoms with Gasteiger partial charge < -0.3 is 5.32 Å². The van der Waals surface area contributed by atoms with Gasteiger partial charge in [0.15, 0.2) is 5.13 Å². The second-order valence-electron chi connectivity index (χ2n) is 7.39. The van der Waals surface area contributed by atoms with E-state index in [1.54, 1.807) is 16.4 Å². The Kier molecular flexibility index (Phi) is 7.56. The lowest BCUT2D eigenvalue weighted by Gasteiger charge is -2.19. The molecule has 32 heavy (non-hydrogen) atoms. The molecular weight excluding hydrogens is 464 g/mol. The van der Waals surface area contributed by atoms with Gasteiger partial charge in [-0.25, -0.2) is 18.4 Å². The third-order valence-corrected chi connectivity index (χ3v) is 8.67. The van der Waals surface area contributed by atoms with Gasteiger partial charge in [-0.05, 0) is 25.0 Å². The number of carbonyl (C=O) groups excluding carboxylic acids is 1. The van der Waals surface area contributed by atoms with E-state index in [9.17, 15) is 13.2 Å². The number of pyridine rings is 1. The number of carbonyl (C=O) groups is 1. The predicted octanol–water partition coefficient (Wildman–Crippen LogP) is 4.50. The fraction of sp³-hybridized carbons (Fsp3) is 0.318. The lowest BCUT2D eigenvalue weighted by atomic mass is 10.2. The number of benzene rings is 1. The summed E-state index contributed by atoms with van der Waals surface area (Å²) in [7, 11) is -3.52. The normalized spacial score (nSPS) is 15.2. The van der Waals surface area contributed by atoms with E-state index in [2.05, 4.69) is 15.3 Å². The van der Waals surface area contributed by atoms with Gasteiger partial charge in [-0.15, -0.1) is 11.3 Å². The first-order valence-electron chi connectivity index (χ1n) is 10.4. The van der Waals surface area contributed by atoms with E-state index in [-0.39, 0.29) is 16.6 Å². The van der Waals surface area contributed by atoms with E-state index in [1.165, 1.54) is 29.3 Å². The van der Waals surface area contributed by atoms with Gasteiger partial charge in [0.2, 0.25) is 15.9 Å². The number of hydrogen-bond acceptors (Lipinski definition) is 7. The highest BCUT2D eigenvalue weighted by molar-refractivity contribution is 7.99. The van der Waals surface area contributed by atoms with Gasteiger partial charge in [0.25, 0.3) is 0 Å². The zero-order valence-electron chi connectivity index (χ0n) is 17.4. The van der Waals surface area contributed by atoms with Crippen molar-refractivity contribution < 1.29 is 13.2 Å². The molecule has 1 N–H and O–H groups in total. The van der Waals surface area contributed by atoms with Crippen LogP contribution in [-0.4, -0.2) is 47.4 Å². The van der Waals surface area contributed by atoms with E-state index in [4.69, 9.17) is 0 Å². The minimum Gasteiger partial charge on any atom is -0.301 e. The summed E-state index contributed by atoms with van der Waals surface area (Å²) in [6.07, 6.45) is 5.30. The third kappa shape index (κ3) is 5.74. The molecule has 3 aromatic rings. The zero-order valence-corrected chi connectivity index (χ0v) is 19.9. The smallest absolute Gasteiger partial charge is 0.244 e. The second-order valence-corrected chi connectivity index (χ2v) is 11.2. The van der Waals surface area contributed by atoms with Crippen molar-refractivity contribution >= 4 is 44.2 Å². The molecule has 7 nitrogen and oxygen atoms in total. The Hall–Kier alpha value is -2.27. The standard InChI is InChI=1S/C22H24N4O3S3/c27-20(25-22-24-19(15-31-22)17-8-4-3-5-9-17)16-30-21-11-10-18(14-23-21)32(28,29)26-12-6-1-2-7-13-26/h3-5,8-11,14-15H,1-2,6-7,12-13,16H2,(H,24,25,27). The summed E-state index contributed by atoms with van der Waals surface area (Å²) in [5, 5.41) is 5.85. The monoisotopic (exact) mass is 488 g/mol. The Balaban J connectivity index is 1.31. The molecule has 0 saturated carbocycles. The molecule has 0 unspecified atom stereocenters. The van der Waals surface area contributed by atoms with E-state index < -0.39 is 10.0 Å². The number of nitrogens with one attached hydrogen (secondary N) is 1. The summed E-state index contributed by atoms with van der Waals surface area (Å²) in [6, 6.07) is 13.0. The maximum atomic E-state index is 12.8. The molecular formula is C22H24N4O3S3. The second kappa shape index (κ2) is 10.6. The first-order chi connectivity index (χ1) is 15.5. The summed E-state index contributed by atoms with van der Waals surface area (Å²) in [6.45, 7) is 1.11. The maximum Gasteiger partial charge on any atom is 0.244 e. The van der Waals surface area contributed by atoms with E-state index in [1.807, 2.05) is 35.7 Å². The quantitative estimate of drug-likeness (QED) is 0.492. The van der Waals surface area contributed by atoms with Gasteiger partial charge in [-0.2, -0.15) is 4.31 Å². The summed E-state index contributed by atoms with van der Waals surface area (Å²) in [4.78, 5) is 21.2. The highest BCUT2D eigenvalue weighted by Gasteiger charge is 2.25. The van der Waals surface area contributed by atoms with Crippen LogP contribution in [0.15, 0.2) is 64.0 Å². The van der Waals surface area contributed by atoms with Gasteiger partial charge in [-0.3, -0.25) is 4.79 Å².